The number of nitriles is 2. The molecule has 1 aromatic carbocycles. The maximum absolute atomic E-state index is 13.2. The zero-order valence-corrected chi connectivity index (χ0v) is 15.3. The summed E-state index contributed by atoms with van der Waals surface area (Å²) in [6.45, 7) is -0.140. The number of hydrogen-bond donors (Lipinski definition) is 0. The van der Waals surface area contributed by atoms with E-state index in [9.17, 15) is 17.6 Å². The van der Waals surface area contributed by atoms with Crippen LogP contribution in [0.15, 0.2) is 23.1 Å². The highest BCUT2D eigenvalue weighted by Gasteiger charge is 2.34. The summed E-state index contributed by atoms with van der Waals surface area (Å²) in [5.41, 5.74) is 0. The van der Waals surface area contributed by atoms with Crippen molar-refractivity contribution >= 4 is 27.5 Å². The summed E-state index contributed by atoms with van der Waals surface area (Å²) < 4.78 is 39.7. The van der Waals surface area contributed by atoms with Crippen molar-refractivity contribution in [2.45, 2.75) is 17.7 Å². The molecular formula is C16H16ClFN4O3S. The van der Waals surface area contributed by atoms with Gasteiger partial charge in [-0.25, -0.2) is 12.8 Å². The zero-order valence-electron chi connectivity index (χ0n) is 13.7. The highest BCUT2D eigenvalue weighted by molar-refractivity contribution is 7.89. The number of nitrogens with zero attached hydrogens (tertiary/aromatic N) is 4. The maximum atomic E-state index is 13.2. The quantitative estimate of drug-likeness (QED) is 0.702. The van der Waals surface area contributed by atoms with Gasteiger partial charge >= 0.3 is 0 Å². The van der Waals surface area contributed by atoms with Crippen molar-refractivity contribution in [2.75, 3.05) is 26.2 Å². The minimum absolute atomic E-state index is 0.107. The standard InChI is InChI=1S/C16H16ClFN4O3S/c17-14-11-13(1-2-15(14)18)26(24,25)22-7-3-12(4-8-22)16(23)21(9-5-19)10-6-20/h1-2,11-12H,3-4,7-10H2. The Morgan fingerprint density at radius 1 is 1.27 bits per heavy atom. The Labute approximate surface area is 156 Å². The fourth-order valence-corrected chi connectivity index (χ4v) is 4.51. The van der Waals surface area contributed by atoms with Crippen LogP contribution in [0, 0.1) is 34.4 Å². The fourth-order valence-electron chi connectivity index (χ4n) is 2.77. The van der Waals surface area contributed by atoms with Crippen LogP contribution in [-0.2, 0) is 14.8 Å². The number of amides is 1. The van der Waals surface area contributed by atoms with Gasteiger partial charge in [0.2, 0.25) is 15.9 Å². The van der Waals surface area contributed by atoms with Crippen molar-refractivity contribution in [1.29, 1.82) is 10.5 Å². The molecule has 138 valence electrons. The first kappa shape index (κ1) is 20.1. The minimum atomic E-state index is -3.84. The smallest absolute Gasteiger partial charge is 0.243 e. The van der Waals surface area contributed by atoms with E-state index in [4.69, 9.17) is 22.1 Å². The summed E-state index contributed by atoms with van der Waals surface area (Å²) in [5, 5.41) is 17.2. The summed E-state index contributed by atoms with van der Waals surface area (Å²) >= 11 is 5.66. The Morgan fingerprint density at radius 3 is 2.35 bits per heavy atom. The van der Waals surface area contributed by atoms with E-state index in [-0.39, 0.29) is 54.8 Å². The van der Waals surface area contributed by atoms with Crippen LogP contribution < -0.4 is 0 Å². The molecule has 1 aliphatic rings. The molecule has 7 nitrogen and oxygen atoms in total. The number of carbonyl (C=O) groups excluding carboxylic acids is 1. The van der Waals surface area contributed by atoms with Crippen molar-refractivity contribution in [3.63, 3.8) is 0 Å². The molecule has 1 amide bonds. The van der Waals surface area contributed by atoms with Gasteiger partial charge in [0.15, 0.2) is 0 Å². The number of sulfonamides is 1. The van der Waals surface area contributed by atoms with E-state index >= 15 is 0 Å². The third kappa shape index (κ3) is 4.31. The summed E-state index contributed by atoms with van der Waals surface area (Å²) in [7, 11) is -3.84. The van der Waals surface area contributed by atoms with Gasteiger partial charge in [-0.2, -0.15) is 14.8 Å². The van der Waals surface area contributed by atoms with Crippen molar-refractivity contribution in [1.82, 2.24) is 9.21 Å². The second-order valence-electron chi connectivity index (χ2n) is 5.76. The normalized spacial score (nSPS) is 15.8. The van der Waals surface area contributed by atoms with Gasteiger partial charge in [0.25, 0.3) is 0 Å². The molecule has 1 fully saturated rings. The molecule has 1 aromatic rings. The third-order valence-corrected chi connectivity index (χ3v) is 6.35. The minimum Gasteiger partial charge on any atom is -0.316 e. The van der Waals surface area contributed by atoms with E-state index in [1.165, 1.54) is 4.31 Å². The van der Waals surface area contributed by atoms with Gasteiger partial charge in [-0.1, -0.05) is 11.6 Å². The molecule has 0 N–H and O–H groups in total. The first-order valence-corrected chi connectivity index (χ1v) is 9.61. The van der Waals surface area contributed by atoms with Gasteiger partial charge in [-0.05, 0) is 31.0 Å². The molecule has 0 unspecified atom stereocenters. The second-order valence-corrected chi connectivity index (χ2v) is 8.11. The Bertz CT molecular complexity index is 854. The molecule has 0 bridgehead atoms. The van der Waals surface area contributed by atoms with Crippen molar-refractivity contribution in [3.8, 4) is 12.1 Å². The van der Waals surface area contributed by atoms with Gasteiger partial charge in [-0.3, -0.25) is 4.79 Å². The first-order chi connectivity index (χ1) is 12.3. The molecule has 0 aromatic heterocycles. The number of rotatable bonds is 5. The molecule has 0 atom stereocenters. The van der Waals surface area contributed by atoms with Gasteiger partial charge in [0.1, 0.15) is 18.9 Å². The summed E-state index contributed by atoms with van der Waals surface area (Å²) in [6.07, 6.45) is 0.556. The Hall–Kier alpha value is -2.20. The molecule has 1 heterocycles. The van der Waals surface area contributed by atoms with Gasteiger partial charge in [0, 0.05) is 19.0 Å². The van der Waals surface area contributed by atoms with E-state index in [0.717, 1.165) is 23.1 Å². The Kier molecular flexibility index (Phi) is 6.54. The number of piperidine rings is 1. The van der Waals surface area contributed by atoms with Crippen LogP contribution in [0.2, 0.25) is 5.02 Å². The fraction of sp³-hybridized carbons (Fsp3) is 0.438. The van der Waals surface area contributed by atoms with E-state index in [2.05, 4.69) is 0 Å². The largest absolute Gasteiger partial charge is 0.316 e. The Balaban J connectivity index is 2.07. The molecule has 26 heavy (non-hydrogen) atoms. The number of halogens is 2. The summed E-state index contributed by atoms with van der Waals surface area (Å²) in [5.74, 6) is -1.47. The van der Waals surface area contributed by atoms with Crippen LogP contribution in [0.5, 0.6) is 0 Å². The van der Waals surface area contributed by atoms with E-state index in [0.29, 0.717) is 0 Å². The van der Waals surface area contributed by atoms with Gasteiger partial charge in [-0.15, -0.1) is 0 Å². The van der Waals surface area contributed by atoms with Crippen LogP contribution in [0.25, 0.3) is 0 Å². The lowest BCUT2D eigenvalue weighted by Crippen LogP contribution is -2.44. The van der Waals surface area contributed by atoms with E-state index in [1.807, 2.05) is 12.1 Å². The summed E-state index contributed by atoms with van der Waals surface area (Å²) in [4.78, 5) is 13.4. The molecule has 0 saturated carbocycles. The first-order valence-electron chi connectivity index (χ1n) is 7.79. The molecule has 0 radical (unpaired) electrons. The lowest BCUT2D eigenvalue weighted by atomic mass is 9.96. The lowest BCUT2D eigenvalue weighted by molar-refractivity contribution is -0.135. The SMILES string of the molecule is N#CCN(CC#N)C(=O)C1CCN(S(=O)(=O)c2ccc(F)c(Cl)c2)CC1. The molecular weight excluding hydrogens is 383 g/mol. The Morgan fingerprint density at radius 2 is 1.85 bits per heavy atom. The predicted molar refractivity (Wildman–Crippen MR) is 90.7 cm³/mol. The average molecular weight is 399 g/mol. The van der Waals surface area contributed by atoms with Crippen LogP contribution in [0.3, 0.4) is 0 Å². The molecule has 2 rings (SSSR count). The molecule has 0 spiro atoms. The molecule has 1 saturated heterocycles. The van der Waals surface area contributed by atoms with Crippen LogP contribution in [0.4, 0.5) is 4.39 Å². The summed E-state index contributed by atoms with van der Waals surface area (Å²) in [6, 6.07) is 6.88. The van der Waals surface area contributed by atoms with E-state index < -0.39 is 21.8 Å². The molecule has 10 heteroatoms. The van der Waals surface area contributed by atoms with Gasteiger partial charge in [0.05, 0.1) is 22.1 Å². The van der Waals surface area contributed by atoms with Crippen LogP contribution >= 0.6 is 11.6 Å². The molecule has 1 aliphatic heterocycles. The average Bonchev–Trinajstić information content (AvgIpc) is 2.63. The van der Waals surface area contributed by atoms with E-state index in [1.54, 1.807) is 0 Å². The van der Waals surface area contributed by atoms with Gasteiger partial charge < -0.3 is 4.90 Å². The highest BCUT2D eigenvalue weighted by atomic mass is 35.5. The van der Waals surface area contributed by atoms with Crippen LogP contribution in [-0.4, -0.2) is 49.7 Å². The highest BCUT2D eigenvalue weighted by Crippen LogP contribution is 2.27. The maximum Gasteiger partial charge on any atom is 0.243 e. The van der Waals surface area contributed by atoms with Crippen molar-refractivity contribution in [2.24, 2.45) is 5.92 Å². The topological polar surface area (TPSA) is 105 Å². The number of carbonyl (C=O) groups is 1. The predicted octanol–water partition coefficient (Wildman–Crippen LogP) is 1.76. The number of benzene rings is 1. The second kappa shape index (κ2) is 8.45. The van der Waals surface area contributed by atoms with Crippen molar-refractivity contribution in [3.05, 3.63) is 29.0 Å². The van der Waals surface area contributed by atoms with Crippen molar-refractivity contribution < 1.29 is 17.6 Å². The third-order valence-electron chi connectivity index (χ3n) is 4.17. The lowest BCUT2D eigenvalue weighted by Gasteiger charge is -2.32. The molecule has 0 aliphatic carbocycles. The van der Waals surface area contributed by atoms with Crippen LogP contribution in [0.1, 0.15) is 12.8 Å². The number of hydrogen-bond acceptors (Lipinski definition) is 5. The zero-order chi connectivity index (χ0) is 19.3. The monoisotopic (exact) mass is 398 g/mol.